The van der Waals surface area contributed by atoms with Crippen LogP contribution in [-0.2, 0) is 6.42 Å². The first-order valence-corrected chi connectivity index (χ1v) is 4.78. The molecule has 0 saturated carbocycles. The summed E-state index contributed by atoms with van der Waals surface area (Å²) in [5.74, 6) is 1.43. The molecular weight excluding hydrogens is 192 g/mol. The molecule has 0 saturated heterocycles. The minimum absolute atomic E-state index is 0.198. The Bertz CT molecular complexity index is 356. The first-order valence-electron chi connectivity index (χ1n) is 4.78. The maximum absolute atomic E-state index is 9.77. The van der Waals surface area contributed by atoms with Crippen molar-refractivity contribution in [3.63, 3.8) is 0 Å². The van der Waals surface area contributed by atoms with Crippen molar-refractivity contribution in [2.45, 2.75) is 13.3 Å². The van der Waals surface area contributed by atoms with Gasteiger partial charge in [0.15, 0.2) is 0 Å². The molecule has 0 aliphatic rings. The summed E-state index contributed by atoms with van der Waals surface area (Å²) >= 11 is 0. The zero-order valence-electron chi connectivity index (χ0n) is 9.28. The van der Waals surface area contributed by atoms with Crippen molar-refractivity contribution in [1.29, 1.82) is 0 Å². The molecule has 0 unspecified atom stereocenters. The summed E-state index contributed by atoms with van der Waals surface area (Å²) in [5.41, 5.74) is 0.774. The van der Waals surface area contributed by atoms with Gasteiger partial charge in [-0.3, -0.25) is 0 Å². The summed E-state index contributed by atoms with van der Waals surface area (Å²) in [6.07, 6.45) is 4.54. The predicted octanol–water partition coefficient (Wildman–Crippen LogP) is 2.53. The van der Waals surface area contributed by atoms with Gasteiger partial charge >= 0.3 is 0 Å². The van der Waals surface area contributed by atoms with Crippen molar-refractivity contribution in [2.75, 3.05) is 14.2 Å². The number of benzene rings is 1. The zero-order valence-corrected chi connectivity index (χ0v) is 9.28. The fourth-order valence-corrected chi connectivity index (χ4v) is 1.35. The third kappa shape index (κ3) is 2.65. The number of phenolic OH excluding ortho intramolecular Hbond substituents is 1. The highest BCUT2D eigenvalue weighted by Gasteiger charge is 2.09. The second kappa shape index (κ2) is 5.29. The number of methoxy groups -OCH3 is 2. The molecule has 0 atom stereocenters. The largest absolute Gasteiger partial charge is 0.507 e. The highest BCUT2D eigenvalue weighted by molar-refractivity contribution is 5.50. The summed E-state index contributed by atoms with van der Waals surface area (Å²) in [7, 11) is 3.13. The quantitative estimate of drug-likeness (QED) is 0.773. The van der Waals surface area contributed by atoms with Crippen LogP contribution in [0, 0.1) is 0 Å². The predicted molar refractivity (Wildman–Crippen MR) is 59.7 cm³/mol. The van der Waals surface area contributed by atoms with Crippen LogP contribution < -0.4 is 9.47 Å². The minimum Gasteiger partial charge on any atom is -0.507 e. The molecule has 0 heterocycles. The standard InChI is InChI=1S/C12H16O3/c1-4-5-6-10-11(13)7-9(14-2)8-12(10)15-3/h4-5,7-8,13H,6H2,1-3H3. The van der Waals surface area contributed by atoms with Gasteiger partial charge in [0.1, 0.15) is 17.2 Å². The number of ether oxygens (including phenoxy) is 2. The first-order chi connectivity index (χ1) is 7.22. The second-order valence-corrected chi connectivity index (χ2v) is 3.10. The molecule has 1 rings (SSSR count). The zero-order chi connectivity index (χ0) is 11.3. The van der Waals surface area contributed by atoms with E-state index in [-0.39, 0.29) is 5.75 Å². The van der Waals surface area contributed by atoms with E-state index >= 15 is 0 Å². The van der Waals surface area contributed by atoms with E-state index in [9.17, 15) is 5.11 Å². The Balaban J connectivity index is 3.12. The second-order valence-electron chi connectivity index (χ2n) is 3.10. The number of hydrogen-bond donors (Lipinski definition) is 1. The van der Waals surface area contributed by atoms with Crippen LogP contribution in [0.25, 0.3) is 0 Å². The Hall–Kier alpha value is -1.64. The van der Waals surface area contributed by atoms with E-state index in [0.29, 0.717) is 17.9 Å². The summed E-state index contributed by atoms with van der Waals surface area (Å²) in [6, 6.07) is 3.35. The Morgan fingerprint density at radius 2 is 2.00 bits per heavy atom. The van der Waals surface area contributed by atoms with Crippen LogP contribution in [0.4, 0.5) is 0 Å². The van der Waals surface area contributed by atoms with Crippen molar-refractivity contribution in [3.8, 4) is 17.2 Å². The van der Waals surface area contributed by atoms with E-state index in [1.807, 2.05) is 19.1 Å². The molecule has 0 aliphatic heterocycles. The van der Waals surface area contributed by atoms with E-state index in [4.69, 9.17) is 9.47 Å². The molecule has 1 aromatic rings. The summed E-state index contributed by atoms with van der Waals surface area (Å²) < 4.78 is 10.2. The number of hydrogen-bond acceptors (Lipinski definition) is 3. The normalized spacial score (nSPS) is 10.6. The lowest BCUT2D eigenvalue weighted by Crippen LogP contribution is -1.93. The first kappa shape index (κ1) is 11.4. The number of allylic oxidation sites excluding steroid dienone is 2. The van der Waals surface area contributed by atoms with Crippen LogP contribution in [0.5, 0.6) is 17.2 Å². The van der Waals surface area contributed by atoms with Crippen LogP contribution in [0.15, 0.2) is 24.3 Å². The lowest BCUT2D eigenvalue weighted by Gasteiger charge is -2.11. The molecule has 3 nitrogen and oxygen atoms in total. The molecule has 0 bridgehead atoms. The smallest absolute Gasteiger partial charge is 0.129 e. The van der Waals surface area contributed by atoms with Crippen molar-refractivity contribution < 1.29 is 14.6 Å². The molecule has 0 aromatic heterocycles. The van der Waals surface area contributed by atoms with Gasteiger partial charge in [0.05, 0.1) is 14.2 Å². The monoisotopic (exact) mass is 208 g/mol. The summed E-state index contributed by atoms with van der Waals surface area (Å²) in [5, 5.41) is 9.77. The van der Waals surface area contributed by atoms with E-state index in [1.165, 1.54) is 0 Å². The number of phenols is 1. The molecule has 0 radical (unpaired) electrons. The van der Waals surface area contributed by atoms with Crippen LogP contribution in [0.1, 0.15) is 12.5 Å². The highest BCUT2D eigenvalue weighted by Crippen LogP contribution is 2.33. The third-order valence-corrected chi connectivity index (χ3v) is 2.17. The number of rotatable bonds is 4. The molecule has 0 spiro atoms. The van der Waals surface area contributed by atoms with Gasteiger partial charge in [0.25, 0.3) is 0 Å². The maximum Gasteiger partial charge on any atom is 0.129 e. The Morgan fingerprint density at radius 1 is 1.27 bits per heavy atom. The van der Waals surface area contributed by atoms with Crippen molar-refractivity contribution in [3.05, 3.63) is 29.8 Å². The van der Waals surface area contributed by atoms with E-state index < -0.39 is 0 Å². The van der Waals surface area contributed by atoms with E-state index in [1.54, 1.807) is 26.4 Å². The number of aromatic hydroxyl groups is 1. The fourth-order valence-electron chi connectivity index (χ4n) is 1.35. The average molecular weight is 208 g/mol. The minimum atomic E-state index is 0.198. The molecule has 1 N–H and O–H groups in total. The van der Waals surface area contributed by atoms with Crippen LogP contribution in [-0.4, -0.2) is 19.3 Å². The van der Waals surface area contributed by atoms with Crippen molar-refractivity contribution in [2.24, 2.45) is 0 Å². The van der Waals surface area contributed by atoms with Crippen molar-refractivity contribution in [1.82, 2.24) is 0 Å². The lowest BCUT2D eigenvalue weighted by molar-refractivity contribution is 0.380. The Kier molecular flexibility index (Phi) is 4.03. The van der Waals surface area contributed by atoms with Gasteiger partial charge in [0.2, 0.25) is 0 Å². The maximum atomic E-state index is 9.77. The van der Waals surface area contributed by atoms with Crippen LogP contribution >= 0.6 is 0 Å². The van der Waals surface area contributed by atoms with Gasteiger partial charge in [0, 0.05) is 17.7 Å². The van der Waals surface area contributed by atoms with E-state index in [0.717, 1.165) is 5.56 Å². The third-order valence-electron chi connectivity index (χ3n) is 2.17. The molecule has 0 amide bonds. The van der Waals surface area contributed by atoms with Gasteiger partial charge in [-0.25, -0.2) is 0 Å². The molecular formula is C12H16O3. The summed E-state index contributed by atoms with van der Waals surface area (Å²) in [4.78, 5) is 0. The van der Waals surface area contributed by atoms with Crippen molar-refractivity contribution >= 4 is 0 Å². The molecule has 0 aliphatic carbocycles. The van der Waals surface area contributed by atoms with Gasteiger partial charge in [-0.15, -0.1) is 0 Å². The molecule has 3 heteroatoms. The Labute approximate surface area is 90.0 Å². The molecule has 0 fully saturated rings. The van der Waals surface area contributed by atoms with Gasteiger partial charge in [-0.2, -0.15) is 0 Å². The highest BCUT2D eigenvalue weighted by atomic mass is 16.5. The van der Waals surface area contributed by atoms with Gasteiger partial charge < -0.3 is 14.6 Å². The summed E-state index contributed by atoms with van der Waals surface area (Å²) in [6.45, 7) is 1.94. The van der Waals surface area contributed by atoms with E-state index in [2.05, 4.69) is 0 Å². The molecule has 1 aromatic carbocycles. The molecule has 82 valence electrons. The van der Waals surface area contributed by atoms with Gasteiger partial charge in [-0.05, 0) is 13.3 Å². The average Bonchev–Trinajstić information content (AvgIpc) is 2.26. The fraction of sp³-hybridized carbons (Fsp3) is 0.333. The Morgan fingerprint density at radius 3 is 2.53 bits per heavy atom. The van der Waals surface area contributed by atoms with Crippen LogP contribution in [0.2, 0.25) is 0 Å². The SMILES string of the molecule is CC=CCc1c(O)cc(OC)cc1OC. The lowest BCUT2D eigenvalue weighted by atomic mass is 10.1. The topological polar surface area (TPSA) is 38.7 Å². The molecule has 15 heavy (non-hydrogen) atoms. The van der Waals surface area contributed by atoms with Crippen LogP contribution in [0.3, 0.4) is 0 Å². The van der Waals surface area contributed by atoms with Gasteiger partial charge in [-0.1, -0.05) is 12.2 Å².